The minimum absolute atomic E-state index is 0.136. The van der Waals surface area contributed by atoms with Crippen LogP contribution in [0.4, 0.5) is 0 Å². The second-order valence-corrected chi connectivity index (χ2v) is 3.32. The predicted molar refractivity (Wildman–Crippen MR) is 58.2 cm³/mol. The highest BCUT2D eigenvalue weighted by Gasteiger charge is 2.20. The van der Waals surface area contributed by atoms with Gasteiger partial charge in [0.15, 0.2) is 6.10 Å². The monoisotopic (exact) mass is 247 g/mol. The van der Waals surface area contributed by atoms with Crippen LogP contribution in [0.2, 0.25) is 0 Å². The summed E-state index contributed by atoms with van der Waals surface area (Å²) in [6.07, 6.45) is -1.78. The quantitative estimate of drug-likeness (QED) is 0.332. The Balaban J connectivity index is 4.08. The molecule has 98 valence electrons. The molecule has 0 radical (unpaired) electrons. The number of carbonyl (C=O) groups is 3. The minimum atomic E-state index is -1.65. The van der Waals surface area contributed by atoms with E-state index in [0.717, 1.165) is 0 Å². The molecule has 8 nitrogen and oxygen atoms in total. The Morgan fingerprint density at radius 2 is 1.82 bits per heavy atom. The first-order chi connectivity index (χ1) is 7.92. The van der Waals surface area contributed by atoms with Gasteiger partial charge in [0.2, 0.25) is 11.8 Å². The lowest BCUT2D eigenvalue weighted by Gasteiger charge is -2.14. The second kappa shape index (κ2) is 7.58. The van der Waals surface area contributed by atoms with Gasteiger partial charge in [0, 0.05) is 7.05 Å². The number of nitrogens with one attached hydrogen (secondary N) is 3. The molecule has 0 aliphatic rings. The summed E-state index contributed by atoms with van der Waals surface area (Å²) in [4.78, 5) is 32.8. The molecule has 2 amide bonds. The fourth-order valence-corrected chi connectivity index (χ4v) is 1.06. The van der Waals surface area contributed by atoms with Gasteiger partial charge in [-0.3, -0.25) is 9.59 Å². The zero-order valence-corrected chi connectivity index (χ0v) is 9.69. The van der Waals surface area contributed by atoms with Gasteiger partial charge in [0.05, 0.1) is 19.0 Å². The lowest BCUT2D eigenvalue weighted by atomic mass is 10.2. The molecule has 0 aliphatic heterocycles. The first-order valence-corrected chi connectivity index (χ1v) is 4.98. The number of hydrogen-bond donors (Lipinski definition) is 5. The summed E-state index contributed by atoms with van der Waals surface area (Å²) >= 11 is 0. The third-order valence-electron chi connectivity index (χ3n) is 2.08. The van der Waals surface area contributed by atoms with Crippen molar-refractivity contribution in [2.45, 2.75) is 18.6 Å². The van der Waals surface area contributed by atoms with Gasteiger partial charge in [-0.15, -0.1) is 0 Å². The van der Waals surface area contributed by atoms with Crippen LogP contribution < -0.4 is 16.0 Å². The third-order valence-corrected chi connectivity index (χ3v) is 2.08. The Kier molecular flexibility index (Phi) is 6.83. The molecule has 2 unspecified atom stereocenters. The highest BCUT2D eigenvalue weighted by molar-refractivity contribution is 5.88. The maximum atomic E-state index is 11.3. The Morgan fingerprint density at radius 1 is 1.24 bits per heavy atom. The van der Waals surface area contributed by atoms with Gasteiger partial charge in [0.25, 0.3) is 0 Å². The van der Waals surface area contributed by atoms with Crippen molar-refractivity contribution in [2.75, 3.05) is 20.6 Å². The fraction of sp³-hybridized carbons (Fsp3) is 0.667. The van der Waals surface area contributed by atoms with Crippen LogP contribution in [-0.2, 0) is 14.4 Å². The summed E-state index contributed by atoms with van der Waals surface area (Å²) in [5.41, 5.74) is 0. The van der Waals surface area contributed by atoms with Crippen molar-refractivity contribution in [1.29, 1.82) is 0 Å². The minimum Gasteiger partial charge on any atom is -0.479 e. The van der Waals surface area contributed by atoms with Gasteiger partial charge in [-0.25, -0.2) is 4.79 Å². The molecule has 2 atom stereocenters. The number of aliphatic hydroxyl groups excluding tert-OH is 1. The number of carboxylic acid groups (broad SMARTS) is 1. The average Bonchev–Trinajstić information content (AvgIpc) is 2.31. The van der Waals surface area contributed by atoms with E-state index in [2.05, 4.69) is 16.0 Å². The highest BCUT2D eigenvalue weighted by Crippen LogP contribution is 1.92. The molecule has 0 saturated heterocycles. The Labute approximate surface area is 98.4 Å². The Morgan fingerprint density at radius 3 is 2.24 bits per heavy atom. The topological polar surface area (TPSA) is 128 Å². The Bertz CT molecular complexity index is 294. The van der Waals surface area contributed by atoms with E-state index < -0.39 is 30.6 Å². The van der Waals surface area contributed by atoms with E-state index in [1.165, 1.54) is 14.1 Å². The van der Waals surface area contributed by atoms with Crippen molar-refractivity contribution >= 4 is 17.8 Å². The molecular weight excluding hydrogens is 230 g/mol. The van der Waals surface area contributed by atoms with E-state index in [1.54, 1.807) is 0 Å². The molecule has 0 fully saturated rings. The van der Waals surface area contributed by atoms with Crippen LogP contribution in [0.1, 0.15) is 6.42 Å². The summed E-state index contributed by atoms with van der Waals surface area (Å²) in [6, 6.07) is -0.693. The third kappa shape index (κ3) is 5.83. The lowest BCUT2D eigenvalue weighted by Crippen LogP contribution is -2.45. The van der Waals surface area contributed by atoms with Gasteiger partial charge < -0.3 is 26.2 Å². The summed E-state index contributed by atoms with van der Waals surface area (Å²) in [5, 5.41) is 24.5. The van der Waals surface area contributed by atoms with E-state index in [9.17, 15) is 14.4 Å². The second-order valence-electron chi connectivity index (χ2n) is 3.32. The van der Waals surface area contributed by atoms with Gasteiger partial charge in [-0.2, -0.15) is 0 Å². The number of aliphatic carboxylic acids is 1. The Hall–Kier alpha value is -1.67. The zero-order valence-electron chi connectivity index (χ0n) is 9.69. The number of hydrogen-bond acceptors (Lipinski definition) is 5. The summed E-state index contributed by atoms with van der Waals surface area (Å²) in [5.74, 6) is -2.28. The number of amides is 2. The van der Waals surface area contributed by atoms with Crippen LogP contribution in [0.3, 0.4) is 0 Å². The number of carbonyl (C=O) groups excluding carboxylic acids is 2. The van der Waals surface area contributed by atoms with Crippen LogP contribution in [0.15, 0.2) is 0 Å². The van der Waals surface area contributed by atoms with Gasteiger partial charge in [-0.05, 0) is 7.05 Å². The molecule has 0 spiro atoms. The SMILES string of the molecule is CNC(=O)C(CC(=O)NCC(O)C(=O)O)NC. The van der Waals surface area contributed by atoms with E-state index in [4.69, 9.17) is 10.2 Å². The first kappa shape index (κ1) is 15.3. The molecule has 0 aromatic carbocycles. The van der Waals surface area contributed by atoms with Crippen molar-refractivity contribution < 1.29 is 24.6 Å². The fourth-order valence-electron chi connectivity index (χ4n) is 1.06. The number of carboxylic acids is 1. The van der Waals surface area contributed by atoms with Crippen LogP contribution in [0, 0.1) is 0 Å². The standard InChI is InChI=1S/C9H17N3O5/c1-10-5(8(15)11-2)3-7(14)12-4-6(13)9(16)17/h5-6,10,13H,3-4H2,1-2H3,(H,11,15)(H,12,14)(H,16,17). The zero-order chi connectivity index (χ0) is 13.4. The van der Waals surface area contributed by atoms with Crippen molar-refractivity contribution in [3.8, 4) is 0 Å². The molecule has 0 aliphatic carbocycles. The van der Waals surface area contributed by atoms with Crippen LogP contribution in [-0.4, -0.2) is 60.8 Å². The van der Waals surface area contributed by atoms with Crippen LogP contribution >= 0.6 is 0 Å². The van der Waals surface area contributed by atoms with Crippen molar-refractivity contribution in [3.05, 3.63) is 0 Å². The summed E-state index contributed by atoms with van der Waals surface area (Å²) < 4.78 is 0. The number of aliphatic hydroxyl groups is 1. The summed E-state index contributed by atoms with van der Waals surface area (Å²) in [6.45, 7) is -0.391. The number of likely N-dealkylation sites (N-methyl/N-ethyl adjacent to an activating group) is 2. The van der Waals surface area contributed by atoms with Crippen molar-refractivity contribution in [2.24, 2.45) is 0 Å². The van der Waals surface area contributed by atoms with Crippen LogP contribution in [0.5, 0.6) is 0 Å². The average molecular weight is 247 g/mol. The molecule has 0 aromatic rings. The predicted octanol–water partition coefficient (Wildman–Crippen LogP) is -2.73. The largest absolute Gasteiger partial charge is 0.479 e. The first-order valence-electron chi connectivity index (χ1n) is 4.98. The maximum Gasteiger partial charge on any atom is 0.334 e. The summed E-state index contributed by atoms with van der Waals surface area (Å²) in [7, 11) is 2.97. The molecule has 8 heteroatoms. The van der Waals surface area contributed by atoms with Gasteiger partial charge in [0.1, 0.15) is 0 Å². The molecule has 17 heavy (non-hydrogen) atoms. The molecule has 0 bridgehead atoms. The molecule has 0 aromatic heterocycles. The molecule has 5 N–H and O–H groups in total. The van der Waals surface area contributed by atoms with E-state index in [0.29, 0.717) is 0 Å². The smallest absolute Gasteiger partial charge is 0.334 e. The normalized spacial score (nSPS) is 13.6. The molecule has 0 saturated carbocycles. The van der Waals surface area contributed by atoms with Crippen LogP contribution in [0.25, 0.3) is 0 Å². The van der Waals surface area contributed by atoms with Crippen molar-refractivity contribution in [3.63, 3.8) is 0 Å². The molecule has 0 rings (SSSR count). The van der Waals surface area contributed by atoms with Crippen molar-refractivity contribution in [1.82, 2.24) is 16.0 Å². The lowest BCUT2D eigenvalue weighted by molar-refractivity contribution is -0.146. The maximum absolute atomic E-state index is 11.3. The molecular formula is C9H17N3O5. The van der Waals surface area contributed by atoms with E-state index >= 15 is 0 Å². The van der Waals surface area contributed by atoms with Gasteiger partial charge in [-0.1, -0.05) is 0 Å². The van der Waals surface area contributed by atoms with Gasteiger partial charge >= 0.3 is 5.97 Å². The number of rotatable bonds is 7. The molecule has 0 heterocycles. The highest BCUT2D eigenvalue weighted by atomic mass is 16.4. The van der Waals surface area contributed by atoms with E-state index in [-0.39, 0.29) is 12.3 Å². The van der Waals surface area contributed by atoms with E-state index in [1.807, 2.05) is 0 Å².